The monoisotopic (exact) mass is 544 g/mol. The van der Waals surface area contributed by atoms with Gasteiger partial charge < -0.3 is 25.4 Å². The van der Waals surface area contributed by atoms with E-state index in [1.165, 1.54) is 0 Å². The van der Waals surface area contributed by atoms with Crippen LogP contribution in [0.2, 0.25) is 0 Å². The standard InChI is InChI=1S/C20H40N4O3S.HI/c1-8-19(9-2,24-17(25)27-18(3,4)5)14-22-16(21-6)23-15-20(28-7)10-12-26-13-11-20;/h8-15H2,1-7H3,(H,24,25)(H2,21,22,23);1H. The van der Waals surface area contributed by atoms with E-state index in [4.69, 9.17) is 9.47 Å². The van der Waals surface area contributed by atoms with Gasteiger partial charge in [-0.15, -0.1) is 24.0 Å². The van der Waals surface area contributed by atoms with Crippen LogP contribution in [0.5, 0.6) is 0 Å². The molecule has 1 heterocycles. The summed E-state index contributed by atoms with van der Waals surface area (Å²) in [6.07, 6.45) is 5.42. The average molecular weight is 545 g/mol. The van der Waals surface area contributed by atoms with E-state index in [1.54, 1.807) is 7.05 Å². The molecule has 0 aromatic carbocycles. The van der Waals surface area contributed by atoms with Crippen LogP contribution < -0.4 is 16.0 Å². The molecular formula is C20H41IN4O3S. The lowest BCUT2D eigenvalue weighted by Crippen LogP contribution is -2.58. The third-order valence-corrected chi connectivity index (χ3v) is 6.77. The fourth-order valence-corrected chi connectivity index (χ4v) is 3.95. The lowest BCUT2D eigenvalue weighted by molar-refractivity contribution is 0.0448. The van der Waals surface area contributed by atoms with Crippen LogP contribution in [-0.2, 0) is 9.47 Å². The maximum atomic E-state index is 12.3. The molecule has 0 unspecified atom stereocenters. The molecule has 1 aliphatic heterocycles. The second-order valence-electron chi connectivity index (χ2n) is 8.39. The number of carbonyl (C=O) groups is 1. The Balaban J connectivity index is 0.00000784. The van der Waals surface area contributed by atoms with Gasteiger partial charge in [0, 0.05) is 38.1 Å². The Hall–Kier alpha value is -0.420. The number of alkyl carbamates (subject to hydrolysis) is 1. The molecule has 29 heavy (non-hydrogen) atoms. The molecule has 7 nitrogen and oxygen atoms in total. The Labute approximate surface area is 198 Å². The lowest BCUT2D eigenvalue weighted by Gasteiger charge is -2.37. The molecule has 9 heteroatoms. The SMILES string of the molecule is CCC(CC)(CNC(=NC)NCC1(SC)CCOCC1)NC(=O)OC(C)(C)C.I. The average Bonchev–Trinajstić information content (AvgIpc) is 2.66. The summed E-state index contributed by atoms with van der Waals surface area (Å²) in [5.41, 5.74) is -0.909. The summed E-state index contributed by atoms with van der Waals surface area (Å²) in [5.74, 6) is 0.747. The summed E-state index contributed by atoms with van der Waals surface area (Å²) in [4.78, 5) is 16.7. The van der Waals surface area contributed by atoms with Crippen molar-refractivity contribution in [1.29, 1.82) is 0 Å². The number of guanidine groups is 1. The van der Waals surface area contributed by atoms with Gasteiger partial charge in [0.25, 0.3) is 0 Å². The van der Waals surface area contributed by atoms with Gasteiger partial charge in [-0.25, -0.2) is 4.79 Å². The highest BCUT2D eigenvalue weighted by Crippen LogP contribution is 2.32. The van der Waals surface area contributed by atoms with Crippen LogP contribution in [0.3, 0.4) is 0 Å². The van der Waals surface area contributed by atoms with Crippen LogP contribution in [0.4, 0.5) is 4.79 Å². The molecule has 1 aliphatic rings. The molecule has 1 amide bonds. The Bertz CT molecular complexity index is 516. The van der Waals surface area contributed by atoms with Crippen LogP contribution in [0.1, 0.15) is 60.3 Å². The summed E-state index contributed by atoms with van der Waals surface area (Å²) in [6.45, 7) is 12.8. The molecule has 1 rings (SSSR count). The Morgan fingerprint density at radius 3 is 2.21 bits per heavy atom. The highest BCUT2D eigenvalue weighted by molar-refractivity contribution is 14.0. The number of hydrogen-bond acceptors (Lipinski definition) is 5. The van der Waals surface area contributed by atoms with Crippen molar-refractivity contribution in [3.8, 4) is 0 Å². The number of amides is 1. The quantitative estimate of drug-likeness (QED) is 0.245. The van der Waals surface area contributed by atoms with Crippen LogP contribution in [0, 0.1) is 0 Å². The van der Waals surface area contributed by atoms with Crippen LogP contribution >= 0.6 is 35.7 Å². The molecule has 0 radical (unpaired) electrons. The smallest absolute Gasteiger partial charge is 0.408 e. The lowest BCUT2D eigenvalue weighted by atomic mass is 9.93. The third kappa shape index (κ3) is 9.95. The minimum atomic E-state index is -0.516. The first-order valence-corrected chi connectivity index (χ1v) is 11.4. The minimum absolute atomic E-state index is 0. The van der Waals surface area contributed by atoms with Crippen molar-refractivity contribution in [2.75, 3.05) is 39.6 Å². The molecule has 172 valence electrons. The van der Waals surface area contributed by atoms with Crippen molar-refractivity contribution in [3.05, 3.63) is 0 Å². The Kier molecular flexibility index (Phi) is 12.9. The molecule has 0 aromatic heterocycles. The number of rotatable bonds is 8. The van der Waals surface area contributed by atoms with E-state index in [0.717, 1.165) is 51.4 Å². The van der Waals surface area contributed by atoms with Crippen molar-refractivity contribution >= 4 is 47.8 Å². The van der Waals surface area contributed by atoms with Crippen LogP contribution in [0.25, 0.3) is 0 Å². The van der Waals surface area contributed by atoms with Gasteiger partial charge in [-0.1, -0.05) is 13.8 Å². The van der Waals surface area contributed by atoms with Crippen molar-refractivity contribution in [3.63, 3.8) is 0 Å². The predicted octanol–water partition coefficient (Wildman–Crippen LogP) is 3.77. The summed E-state index contributed by atoms with van der Waals surface area (Å²) in [5, 5.41) is 9.91. The number of nitrogens with zero attached hydrogens (tertiary/aromatic N) is 1. The van der Waals surface area contributed by atoms with E-state index in [9.17, 15) is 4.79 Å². The van der Waals surface area contributed by atoms with Crippen molar-refractivity contribution in [1.82, 2.24) is 16.0 Å². The van der Waals surface area contributed by atoms with Crippen LogP contribution in [0.15, 0.2) is 4.99 Å². The molecule has 0 bridgehead atoms. The molecule has 1 saturated heterocycles. The van der Waals surface area contributed by atoms with E-state index in [1.807, 2.05) is 32.5 Å². The number of aliphatic imine (C=N–C) groups is 1. The van der Waals surface area contributed by atoms with Gasteiger partial charge in [-0.2, -0.15) is 11.8 Å². The zero-order valence-electron chi connectivity index (χ0n) is 19.1. The van der Waals surface area contributed by atoms with Crippen molar-refractivity contribution in [2.24, 2.45) is 4.99 Å². The maximum absolute atomic E-state index is 12.3. The number of ether oxygens (including phenoxy) is 2. The van der Waals surface area contributed by atoms with E-state index >= 15 is 0 Å². The number of hydrogen-bond donors (Lipinski definition) is 3. The zero-order chi connectivity index (χ0) is 21.3. The van der Waals surface area contributed by atoms with Gasteiger partial charge in [0.1, 0.15) is 5.60 Å². The second-order valence-corrected chi connectivity index (χ2v) is 9.67. The molecule has 0 atom stereocenters. The number of nitrogens with one attached hydrogen (secondary N) is 3. The predicted molar refractivity (Wildman–Crippen MR) is 134 cm³/mol. The van der Waals surface area contributed by atoms with E-state index in [0.29, 0.717) is 6.54 Å². The van der Waals surface area contributed by atoms with Gasteiger partial charge in [-0.05, 0) is 52.7 Å². The summed E-state index contributed by atoms with van der Waals surface area (Å²) in [6, 6.07) is 0. The molecule has 0 aliphatic carbocycles. The molecule has 3 N–H and O–H groups in total. The normalized spacial score (nSPS) is 17.1. The van der Waals surface area contributed by atoms with E-state index < -0.39 is 11.1 Å². The Morgan fingerprint density at radius 1 is 1.17 bits per heavy atom. The fourth-order valence-electron chi connectivity index (χ4n) is 3.16. The minimum Gasteiger partial charge on any atom is -0.444 e. The molecule has 0 aromatic rings. The maximum Gasteiger partial charge on any atom is 0.408 e. The number of halogens is 1. The molecule has 0 saturated carbocycles. The van der Waals surface area contributed by atoms with E-state index in [-0.39, 0.29) is 34.8 Å². The third-order valence-electron chi connectivity index (χ3n) is 5.35. The number of carbonyl (C=O) groups excluding carboxylic acids is 1. The zero-order valence-corrected chi connectivity index (χ0v) is 22.3. The first-order chi connectivity index (χ1) is 13.1. The fraction of sp³-hybridized carbons (Fsp3) is 0.900. The summed E-state index contributed by atoms with van der Waals surface area (Å²) in [7, 11) is 1.77. The highest BCUT2D eigenvalue weighted by Gasteiger charge is 2.33. The Morgan fingerprint density at radius 2 is 1.76 bits per heavy atom. The van der Waals surface area contributed by atoms with Gasteiger partial charge in [0.15, 0.2) is 5.96 Å². The highest BCUT2D eigenvalue weighted by atomic mass is 127. The molecular weight excluding hydrogens is 503 g/mol. The van der Waals surface area contributed by atoms with Gasteiger partial charge in [-0.3, -0.25) is 4.99 Å². The first kappa shape index (κ1) is 28.6. The van der Waals surface area contributed by atoms with Crippen molar-refractivity contribution < 1.29 is 14.3 Å². The summed E-state index contributed by atoms with van der Waals surface area (Å²) < 4.78 is 11.1. The van der Waals surface area contributed by atoms with E-state index in [2.05, 4.69) is 41.0 Å². The van der Waals surface area contributed by atoms with Gasteiger partial charge in [0.05, 0.1) is 5.54 Å². The summed E-state index contributed by atoms with van der Waals surface area (Å²) >= 11 is 1.89. The largest absolute Gasteiger partial charge is 0.444 e. The topological polar surface area (TPSA) is 84.0 Å². The molecule has 1 fully saturated rings. The first-order valence-electron chi connectivity index (χ1n) is 10.2. The van der Waals surface area contributed by atoms with Crippen molar-refractivity contribution in [2.45, 2.75) is 76.2 Å². The molecule has 0 spiro atoms. The second kappa shape index (κ2) is 13.1. The van der Waals surface area contributed by atoms with Gasteiger partial charge in [0.2, 0.25) is 0 Å². The number of thioether (sulfide) groups is 1. The van der Waals surface area contributed by atoms with Crippen LogP contribution in [-0.4, -0.2) is 67.5 Å². The van der Waals surface area contributed by atoms with Gasteiger partial charge >= 0.3 is 6.09 Å².